The number of ether oxygens (including phenoxy) is 1. The molecule has 0 aliphatic rings. The predicted molar refractivity (Wildman–Crippen MR) is 165 cm³/mol. The molecule has 0 aliphatic carbocycles. The lowest BCUT2D eigenvalue weighted by Gasteiger charge is -2.19. The van der Waals surface area contributed by atoms with Crippen molar-refractivity contribution < 1.29 is 9.53 Å². The highest BCUT2D eigenvalue weighted by Gasteiger charge is 2.17. The van der Waals surface area contributed by atoms with Crippen LogP contribution in [-0.2, 0) is 9.53 Å². The summed E-state index contributed by atoms with van der Waals surface area (Å²) in [7, 11) is 0. The van der Waals surface area contributed by atoms with Gasteiger partial charge in [0.2, 0.25) is 0 Å². The summed E-state index contributed by atoms with van der Waals surface area (Å²) in [5.41, 5.74) is 0. The number of carbonyl (C=O) groups is 1. The van der Waals surface area contributed by atoms with E-state index in [1.54, 1.807) is 0 Å². The number of carbonyl (C=O) groups excluding carboxylic acids is 1. The average molecular weight is 523 g/mol. The Bertz CT molecular complexity index is 447. The number of unbranched alkanes of at least 4 members (excludes halogenated alkanes) is 21. The second-order valence-corrected chi connectivity index (χ2v) is 12.2. The molecule has 0 saturated heterocycles. The van der Waals surface area contributed by atoms with Crippen LogP contribution in [0.4, 0.5) is 0 Å². The van der Waals surface area contributed by atoms with Crippen molar-refractivity contribution in [1.29, 1.82) is 0 Å². The summed E-state index contributed by atoms with van der Waals surface area (Å²) in [4.78, 5) is 12.7. The minimum atomic E-state index is 0.0546. The molecule has 2 nitrogen and oxygen atoms in total. The standard InChI is InChI=1S/C35H70O2/c1-5-8-11-14-17-19-20-22-25-28-31-34(30-27-24-16-13-10-7-3)32-37-35(36)33(4)29-26-23-21-18-15-12-9-6-2/h33-34H,5-32H2,1-4H3. The Labute approximate surface area is 234 Å². The van der Waals surface area contributed by atoms with Crippen molar-refractivity contribution in [2.45, 2.75) is 201 Å². The van der Waals surface area contributed by atoms with E-state index in [1.807, 2.05) is 0 Å². The minimum Gasteiger partial charge on any atom is -0.465 e. The summed E-state index contributed by atoms with van der Waals surface area (Å²) in [6, 6.07) is 0. The van der Waals surface area contributed by atoms with E-state index in [0.29, 0.717) is 12.5 Å². The minimum absolute atomic E-state index is 0.0546. The van der Waals surface area contributed by atoms with Gasteiger partial charge < -0.3 is 4.74 Å². The number of esters is 1. The van der Waals surface area contributed by atoms with Crippen molar-refractivity contribution >= 4 is 5.97 Å². The van der Waals surface area contributed by atoms with Crippen LogP contribution in [0.15, 0.2) is 0 Å². The molecule has 0 aromatic rings. The van der Waals surface area contributed by atoms with Gasteiger partial charge in [-0.2, -0.15) is 0 Å². The van der Waals surface area contributed by atoms with Crippen LogP contribution in [0.3, 0.4) is 0 Å². The van der Waals surface area contributed by atoms with Gasteiger partial charge in [0.1, 0.15) is 0 Å². The molecule has 0 aliphatic heterocycles. The molecule has 2 unspecified atom stereocenters. The van der Waals surface area contributed by atoms with E-state index in [-0.39, 0.29) is 11.9 Å². The van der Waals surface area contributed by atoms with E-state index in [0.717, 1.165) is 6.42 Å². The Morgan fingerprint density at radius 1 is 0.459 bits per heavy atom. The Hall–Kier alpha value is -0.530. The maximum absolute atomic E-state index is 12.7. The molecule has 0 amide bonds. The molecule has 0 bridgehead atoms. The van der Waals surface area contributed by atoms with Crippen LogP contribution in [0.2, 0.25) is 0 Å². The summed E-state index contributed by atoms with van der Waals surface area (Å²) < 4.78 is 5.89. The summed E-state index contributed by atoms with van der Waals surface area (Å²) in [6.45, 7) is 9.59. The fraction of sp³-hybridized carbons (Fsp3) is 0.971. The second kappa shape index (κ2) is 30.0. The molecule has 0 aromatic carbocycles. The van der Waals surface area contributed by atoms with Crippen molar-refractivity contribution in [3.63, 3.8) is 0 Å². The van der Waals surface area contributed by atoms with Gasteiger partial charge in [-0.3, -0.25) is 4.79 Å². The molecule has 0 heterocycles. The molecule has 0 fully saturated rings. The number of hydrogen-bond acceptors (Lipinski definition) is 2. The van der Waals surface area contributed by atoms with Crippen molar-refractivity contribution in [3.05, 3.63) is 0 Å². The molecular formula is C35H70O2. The first-order valence-corrected chi connectivity index (χ1v) is 17.3. The van der Waals surface area contributed by atoms with Crippen LogP contribution in [0.25, 0.3) is 0 Å². The van der Waals surface area contributed by atoms with Crippen molar-refractivity contribution in [1.82, 2.24) is 0 Å². The molecule has 0 N–H and O–H groups in total. The first kappa shape index (κ1) is 36.5. The molecule has 222 valence electrons. The summed E-state index contributed by atoms with van der Waals surface area (Å²) in [5, 5.41) is 0. The van der Waals surface area contributed by atoms with E-state index >= 15 is 0 Å². The van der Waals surface area contributed by atoms with Gasteiger partial charge >= 0.3 is 5.97 Å². The van der Waals surface area contributed by atoms with Crippen LogP contribution in [-0.4, -0.2) is 12.6 Å². The maximum Gasteiger partial charge on any atom is 0.308 e. The Kier molecular flexibility index (Phi) is 29.6. The smallest absolute Gasteiger partial charge is 0.308 e. The third-order valence-electron chi connectivity index (χ3n) is 8.29. The highest BCUT2D eigenvalue weighted by atomic mass is 16.5. The zero-order valence-corrected chi connectivity index (χ0v) is 26.3. The lowest BCUT2D eigenvalue weighted by molar-refractivity contribution is -0.149. The van der Waals surface area contributed by atoms with E-state index in [4.69, 9.17) is 4.74 Å². The fourth-order valence-corrected chi connectivity index (χ4v) is 5.49. The van der Waals surface area contributed by atoms with Gasteiger partial charge in [0, 0.05) is 0 Å². The Morgan fingerprint density at radius 3 is 1.11 bits per heavy atom. The molecular weight excluding hydrogens is 452 g/mol. The van der Waals surface area contributed by atoms with Gasteiger partial charge in [-0.05, 0) is 25.2 Å². The highest BCUT2D eigenvalue weighted by molar-refractivity contribution is 5.71. The molecule has 0 rings (SSSR count). The van der Waals surface area contributed by atoms with Crippen molar-refractivity contribution in [2.75, 3.05) is 6.61 Å². The Balaban J connectivity index is 4.09. The third kappa shape index (κ3) is 26.8. The van der Waals surface area contributed by atoms with Crippen LogP contribution < -0.4 is 0 Å². The van der Waals surface area contributed by atoms with E-state index < -0.39 is 0 Å². The lowest BCUT2D eigenvalue weighted by atomic mass is 9.94. The first-order valence-electron chi connectivity index (χ1n) is 17.3. The van der Waals surface area contributed by atoms with Crippen molar-refractivity contribution in [2.24, 2.45) is 11.8 Å². The topological polar surface area (TPSA) is 26.3 Å². The second-order valence-electron chi connectivity index (χ2n) is 12.2. The summed E-state index contributed by atoms with van der Waals surface area (Å²) in [6.07, 6.45) is 36.0. The van der Waals surface area contributed by atoms with Crippen LogP contribution in [0.5, 0.6) is 0 Å². The number of hydrogen-bond donors (Lipinski definition) is 0. The SMILES string of the molecule is CCCCCCCCCCCCC(CCCCCCCC)COC(=O)C(C)CCCCCCCCCC. The lowest BCUT2D eigenvalue weighted by Crippen LogP contribution is -2.20. The van der Waals surface area contributed by atoms with E-state index in [9.17, 15) is 4.79 Å². The summed E-state index contributed by atoms with van der Waals surface area (Å²) in [5.74, 6) is 0.686. The molecule has 0 saturated carbocycles. The van der Waals surface area contributed by atoms with E-state index in [1.165, 1.54) is 167 Å². The van der Waals surface area contributed by atoms with E-state index in [2.05, 4.69) is 27.7 Å². The van der Waals surface area contributed by atoms with Gasteiger partial charge in [0.05, 0.1) is 12.5 Å². The quantitative estimate of drug-likeness (QED) is 0.0692. The monoisotopic (exact) mass is 523 g/mol. The van der Waals surface area contributed by atoms with Gasteiger partial charge in [-0.15, -0.1) is 0 Å². The van der Waals surface area contributed by atoms with Crippen LogP contribution in [0, 0.1) is 11.8 Å². The Morgan fingerprint density at radius 2 is 0.757 bits per heavy atom. The summed E-state index contributed by atoms with van der Waals surface area (Å²) >= 11 is 0. The third-order valence-corrected chi connectivity index (χ3v) is 8.29. The van der Waals surface area contributed by atoms with Crippen LogP contribution in [0.1, 0.15) is 201 Å². The zero-order chi connectivity index (χ0) is 27.2. The molecule has 2 heteroatoms. The molecule has 37 heavy (non-hydrogen) atoms. The predicted octanol–water partition coefficient (Wildman–Crippen LogP) is 12.4. The van der Waals surface area contributed by atoms with Crippen molar-refractivity contribution in [3.8, 4) is 0 Å². The van der Waals surface area contributed by atoms with Gasteiger partial charge in [-0.25, -0.2) is 0 Å². The largest absolute Gasteiger partial charge is 0.465 e. The average Bonchev–Trinajstić information content (AvgIpc) is 2.90. The highest BCUT2D eigenvalue weighted by Crippen LogP contribution is 2.21. The molecule has 2 atom stereocenters. The molecule has 0 aromatic heterocycles. The maximum atomic E-state index is 12.7. The normalized spacial score (nSPS) is 13.1. The van der Waals surface area contributed by atoms with Crippen LogP contribution >= 0.6 is 0 Å². The number of rotatable bonds is 30. The first-order chi connectivity index (χ1) is 18.2. The molecule has 0 spiro atoms. The molecule has 0 radical (unpaired) electrons. The zero-order valence-electron chi connectivity index (χ0n) is 26.3. The van der Waals surface area contributed by atoms with Gasteiger partial charge in [0.25, 0.3) is 0 Å². The fourth-order valence-electron chi connectivity index (χ4n) is 5.49. The van der Waals surface area contributed by atoms with Gasteiger partial charge in [0.15, 0.2) is 0 Å². The van der Waals surface area contributed by atoms with Gasteiger partial charge in [-0.1, -0.05) is 182 Å².